The largest absolute Gasteiger partial charge is 0.478 e. The lowest BCUT2D eigenvalue weighted by atomic mass is 9.88. The van der Waals surface area contributed by atoms with Crippen LogP contribution in [0.25, 0.3) is 0 Å². The van der Waals surface area contributed by atoms with E-state index >= 15 is 0 Å². The van der Waals surface area contributed by atoms with Gasteiger partial charge in [-0.25, -0.2) is 4.79 Å². The molecule has 0 aromatic carbocycles. The first-order valence-corrected chi connectivity index (χ1v) is 13.0. The molecule has 0 saturated heterocycles. The van der Waals surface area contributed by atoms with Gasteiger partial charge in [0.15, 0.2) is 0 Å². The summed E-state index contributed by atoms with van der Waals surface area (Å²) >= 11 is 0. The molecule has 0 fully saturated rings. The minimum atomic E-state index is -0.832. The zero-order chi connectivity index (χ0) is 21.7. The first-order valence-electron chi connectivity index (χ1n) is 13.0. The van der Waals surface area contributed by atoms with Crippen molar-refractivity contribution >= 4 is 5.97 Å². The number of hydrogen-bond acceptors (Lipinski definition) is 1. The molecule has 1 N–H and O–H groups in total. The molecule has 0 aromatic heterocycles. The second-order valence-corrected chi connectivity index (χ2v) is 9.27. The normalized spacial score (nSPS) is 13.3. The van der Waals surface area contributed by atoms with Crippen molar-refractivity contribution in [1.82, 2.24) is 0 Å². The molecule has 2 heteroatoms. The molecule has 172 valence electrons. The fraction of sp³-hybridized carbons (Fsp3) is 0.889. The topological polar surface area (TPSA) is 37.3 Å². The highest BCUT2D eigenvalue weighted by atomic mass is 16.4. The molecule has 0 spiro atoms. The summed E-state index contributed by atoms with van der Waals surface area (Å²) in [5.41, 5.74) is 0.375. The van der Waals surface area contributed by atoms with Gasteiger partial charge in [-0.1, -0.05) is 143 Å². The van der Waals surface area contributed by atoms with Crippen molar-refractivity contribution in [2.75, 3.05) is 0 Å². The third-order valence-electron chi connectivity index (χ3n) is 6.68. The Kier molecular flexibility index (Phi) is 19.9. The highest BCUT2D eigenvalue weighted by Crippen LogP contribution is 2.25. The van der Waals surface area contributed by atoms with Gasteiger partial charge in [0.05, 0.1) is 0 Å². The monoisotopic (exact) mass is 408 g/mol. The Morgan fingerprint density at radius 2 is 1.07 bits per heavy atom. The smallest absolute Gasteiger partial charge is 0.330 e. The van der Waals surface area contributed by atoms with Crippen LogP contribution in [-0.2, 0) is 4.79 Å². The molecule has 2 unspecified atom stereocenters. The third-order valence-corrected chi connectivity index (χ3v) is 6.68. The SMILES string of the molecule is C=C(CC(CC)CCCC(CC)CCCCCCCCCCCCCC)C(=O)O. The van der Waals surface area contributed by atoms with E-state index in [1.54, 1.807) is 0 Å². The molecule has 29 heavy (non-hydrogen) atoms. The average Bonchev–Trinajstić information content (AvgIpc) is 2.72. The van der Waals surface area contributed by atoms with Gasteiger partial charge in [0.2, 0.25) is 0 Å². The fourth-order valence-corrected chi connectivity index (χ4v) is 4.41. The first kappa shape index (κ1) is 28.2. The highest BCUT2D eigenvalue weighted by molar-refractivity contribution is 5.85. The van der Waals surface area contributed by atoms with Gasteiger partial charge in [-0.3, -0.25) is 0 Å². The van der Waals surface area contributed by atoms with Crippen molar-refractivity contribution < 1.29 is 9.90 Å². The van der Waals surface area contributed by atoms with E-state index in [0.717, 1.165) is 18.8 Å². The molecule has 0 saturated carbocycles. The van der Waals surface area contributed by atoms with E-state index in [4.69, 9.17) is 5.11 Å². The minimum Gasteiger partial charge on any atom is -0.478 e. The van der Waals surface area contributed by atoms with E-state index in [0.29, 0.717) is 17.9 Å². The van der Waals surface area contributed by atoms with Gasteiger partial charge in [-0.15, -0.1) is 0 Å². The molecule has 0 rings (SSSR count). The number of rotatable bonds is 22. The average molecular weight is 409 g/mol. The van der Waals surface area contributed by atoms with Crippen LogP contribution in [-0.4, -0.2) is 11.1 Å². The molecular weight excluding hydrogens is 356 g/mol. The van der Waals surface area contributed by atoms with E-state index in [1.165, 1.54) is 103 Å². The Labute approximate surface area is 182 Å². The number of carboxylic acids is 1. The van der Waals surface area contributed by atoms with Crippen molar-refractivity contribution in [3.8, 4) is 0 Å². The lowest BCUT2D eigenvalue weighted by Gasteiger charge is -2.18. The summed E-state index contributed by atoms with van der Waals surface area (Å²) in [5.74, 6) is 0.517. The Bertz CT molecular complexity index is 388. The Balaban J connectivity index is 3.62. The van der Waals surface area contributed by atoms with Crippen LogP contribution < -0.4 is 0 Å². The number of hydrogen-bond donors (Lipinski definition) is 1. The van der Waals surface area contributed by atoms with Gasteiger partial charge >= 0.3 is 5.97 Å². The Morgan fingerprint density at radius 3 is 1.52 bits per heavy atom. The summed E-state index contributed by atoms with van der Waals surface area (Å²) < 4.78 is 0. The summed E-state index contributed by atoms with van der Waals surface area (Å²) in [4.78, 5) is 11.0. The lowest BCUT2D eigenvalue weighted by molar-refractivity contribution is -0.132. The molecule has 0 aromatic rings. The van der Waals surface area contributed by atoms with E-state index in [2.05, 4.69) is 27.4 Å². The zero-order valence-corrected chi connectivity index (χ0v) is 20.2. The molecule has 0 heterocycles. The van der Waals surface area contributed by atoms with Crippen LogP contribution >= 0.6 is 0 Å². The summed E-state index contributed by atoms with van der Waals surface area (Å²) in [7, 11) is 0. The summed E-state index contributed by atoms with van der Waals surface area (Å²) in [6.07, 6.45) is 25.1. The van der Waals surface area contributed by atoms with Crippen molar-refractivity contribution in [3.63, 3.8) is 0 Å². The fourth-order valence-electron chi connectivity index (χ4n) is 4.41. The van der Waals surface area contributed by atoms with E-state index in [1.807, 2.05) is 0 Å². The summed E-state index contributed by atoms with van der Waals surface area (Å²) in [6.45, 7) is 10.5. The molecule has 2 nitrogen and oxygen atoms in total. The van der Waals surface area contributed by atoms with Crippen LogP contribution in [0.1, 0.15) is 143 Å². The number of aliphatic carboxylic acids is 1. The van der Waals surface area contributed by atoms with Crippen LogP contribution in [0.2, 0.25) is 0 Å². The minimum absolute atomic E-state index is 0.375. The standard InChI is InChI=1S/C27H52O2/c1-5-8-9-10-11-12-13-14-15-16-17-18-20-25(6-2)21-19-22-26(7-3)23-24(4)27(28)29/h25-26H,4-23H2,1-3H3,(H,28,29). The van der Waals surface area contributed by atoms with E-state index < -0.39 is 5.97 Å². The molecule has 0 radical (unpaired) electrons. The van der Waals surface area contributed by atoms with E-state index in [-0.39, 0.29) is 0 Å². The molecule has 0 aliphatic carbocycles. The van der Waals surface area contributed by atoms with Gasteiger partial charge in [0.1, 0.15) is 0 Å². The van der Waals surface area contributed by atoms with Gasteiger partial charge < -0.3 is 5.11 Å². The molecule has 0 bridgehead atoms. The molecule has 2 atom stereocenters. The third kappa shape index (κ3) is 17.8. The number of carbonyl (C=O) groups is 1. The zero-order valence-electron chi connectivity index (χ0n) is 20.2. The summed E-state index contributed by atoms with van der Waals surface area (Å²) in [6, 6.07) is 0. The predicted octanol–water partition coefficient (Wildman–Crippen LogP) is 9.33. The second kappa shape index (κ2) is 20.5. The van der Waals surface area contributed by atoms with Crippen LogP contribution in [0.3, 0.4) is 0 Å². The van der Waals surface area contributed by atoms with Crippen LogP contribution in [0.15, 0.2) is 12.2 Å². The van der Waals surface area contributed by atoms with Gasteiger partial charge in [-0.05, 0) is 18.3 Å². The highest BCUT2D eigenvalue weighted by Gasteiger charge is 2.14. The molecule has 0 amide bonds. The van der Waals surface area contributed by atoms with Crippen molar-refractivity contribution in [3.05, 3.63) is 12.2 Å². The first-order chi connectivity index (χ1) is 14.0. The van der Waals surface area contributed by atoms with Crippen LogP contribution in [0.4, 0.5) is 0 Å². The van der Waals surface area contributed by atoms with Crippen molar-refractivity contribution in [2.45, 2.75) is 143 Å². The van der Waals surface area contributed by atoms with E-state index in [9.17, 15) is 4.79 Å². The lowest BCUT2D eigenvalue weighted by Crippen LogP contribution is -2.08. The van der Waals surface area contributed by atoms with Gasteiger partial charge in [0.25, 0.3) is 0 Å². The van der Waals surface area contributed by atoms with Crippen LogP contribution in [0.5, 0.6) is 0 Å². The Hall–Kier alpha value is -0.790. The maximum Gasteiger partial charge on any atom is 0.330 e. The summed E-state index contributed by atoms with van der Waals surface area (Å²) in [5, 5.41) is 9.02. The molecule has 0 aliphatic rings. The van der Waals surface area contributed by atoms with Gasteiger partial charge in [-0.2, -0.15) is 0 Å². The van der Waals surface area contributed by atoms with Crippen molar-refractivity contribution in [2.24, 2.45) is 11.8 Å². The molecule has 0 aliphatic heterocycles. The second-order valence-electron chi connectivity index (χ2n) is 9.27. The Morgan fingerprint density at radius 1 is 0.655 bits per heavy atom. The number of carboxylic acid groups (broad SMARTS) is 1. The maximum absolute atomic E-state index is 11.0. The number of unbranched alkanes of at least 4 members (excludes halogenated alkanes) is 11. The molecular formula is C27H52O2. The maximum atomic E-state index is 11.0. The predicted molar refractivity (Wildman–Crippen MR) is 129 cm³/mol. The quantitative estimate of drug-likeness (QED) is 0.143. The van der Waals surface area contributed by atoms with Gasteiger partial charge in [0, 0.05) is 5.57 Å². The van der Waals surface area contributed by atoms with Crippen molar-refractivity contribution in [1.29, 1.82) is 0 Å². The van der Waals surface area contributed by atoms with Crippen LogP contribution in [0, 0.1) is 11.8 Å².